The van der Waals surface area contributed by atoms with E-state index in [1.807, 2.05) is 36.3 Å². The van der Waals surface area contributed by atoms with Crippen molar-refractivity contribution in [3.8, 4) is 11.1 Å². The van der Waals surface area contributed by atoms with Gasteiger partial charge < -0.3 is 14.6 Å². The molecule has 2 heterocycles. The van der Waals surface area contributed by atoms with Crippen LogP contribution in [-0.4, -0.2) is 55.4 Å². The molecule has 3 aromatic rings. The van der Waals surface area contributed by atoms with Crippen molar-refractivity contribution in [3.05, 3.63) is 83.4 Å². The Morgan fingerprint density at radius 1 is 1.03 bits per heavy atom. The molecule has 3 aromatic carbocycles. The standard InChI is InChI=1S/C27H29N5O4/c1-30-25-16-22(9-10-23(25)17-28-30)21-3-2-4-24(15-21)32(27(34)31-11-13-36-14-12-31)18-19-5-7-20(8-6-19)26(33)29-35/h2-10,15-16,28,35H,11-14,17-18H2,1H3,(H,29,33). The maximum Gasteiger partial charge on any atom is 0.324 e. The summed E-state index contributed by atoms with van der Waals surface area (Å²) < 4.78 is 5.44. The molecule has 9 heteroatoms. The third kappa shape index (κ3) is 4.90. The van der Waals surface area contributed by atoms with Crippen LogP contribution in [0, 0.1) is 0 Å². The molecule has 2 aliphatic heterocycles. The zero-order chi connectivity index (χ0) is 25.1. The molecule has 2 aliphatic rings. The van der Waals surface area contributed by atoms with E-state index in [-0.39, 0.29) is 6.03 Å². The molecular formula is C27H29N5O4. The topological polar surface area (TPSA) is 97.4 Å². The Morgan fingerprint density at radius 2 is 1.78 bits per heavy atom. The van der Waals surface area contributed by atoms with Gasteiger partial charge in [0.05, 0.1) is 25.4 Å². The van der Waals surface area contributed by atoms with Gasteiger partial charge in [0.1, 0.15) is 0 Å². The molecule has 3 amide bonds. The Balaban J connectivity index is 1.47. The highest BCUT2D eigenvalue weighted by Crippen LogP contribution is 2.32. The average molecular weight is 488 g/mol. The molecule has 1 saturated heterocycles. The molecule has 0 unspecified atom stereocenters. The number of fused-ring (bicyclic) bond motifs is 1. The number of hydrogen-bond acceptors (Lipinski definition) is 6. The SMILES string of the molecule is CN1NCc2ccc(-c3cccc(N(Cc4ccc(C(=O)NO)cc4)C(=O)N4CCOCC4)c3)cc21. The molecule has 5 rings (SSSR count). The van der Waals surface area contributed by atoms with Gasteiger partial charge in [-0.25, -0.2) is 15.7 Å². The number of rotatable bonds is 5. The number of nitrogens with zero attached hydrogens (tertiary/aromatic N) is 3. The van der Waals surface area contributed by atoms with Gasteiger partial charge in [-0.05, 0) is 52.6 Å². The second kappa shape index (κ2) is 10.4. The van der Waals surface area contributed by atoms with Crippen molar-refractivity contribution in [1.82, 2.24) is 15.8 Å². The summed E-state index contributed by atoms with van der Waals surface area (Å²) in [7, 11) is 2.00. The van der Waals surface area contributed by atoms with Gasteiger partial charge in [0, 0.05) is 37.9 Å². The van der Waals surface area contributed by atoms with Crippen molar-refractivity contribution in [1.29, 1.82) is 0 Å². The molecule has 0 spiro atoms. The van der Waals surface area contributed by atoms with Gasteiger partial charge in [-0.15, -0.1) is 0 Å². The second-order valence-corrected chi connectivity index (χ2v) is 8.89. The lowest BCUT2D eigenvalue weighted by Crippen LogP contribution is -2.48. The summed E-state index contributed by atoms with van der Waals surface area (Å²) in [5.41, 5.74) is 11.4. The quantitative estimate of drug-likeness (QED) is 0.377. The normalized spacial score (nSPS) is 14.9. The van der Waals surface area contributed by atoms with Crippen LogP contribution in [0.4, 0.5) is 16.2 Å². The van der Waals surface area contributed by atoms with E-state index in [1.165, 1.54) is 5.56 Å². The lowest BCUT2D eigenvalue weighted by atomic mass is 10.0. The molecule has 0 aliphatic carbocycles. The first-order valence-electron chi connectivity index (χ1n) is 11.9. The van der Waals surface area contributed by atoms with Crippen LogP contribution >= 0.6 is 0 Å². The molecule has 36 heavy (non-hydrogen) atoms. The molecule has 9 nitrogen and oxygen atoms in total. The van der Waals surface area contributed by atoms with Crippen molar-refractivity contribution in [2.75, 3.05) is 43.3 Å². The van der Waals surface area contributed by atoms with E-state index in [0.29, 0.717) is 38.4 Å². The van der Waals surface area contributed by atoms with Crippen molar-refractivity contribution in [3.63, 3.8) is 0 Å². The summed E-state index contributed by atoms with van der Waals surface area (Å²) in [6.07, 6.45) is 0. The zero-order valence-electron chi connectivity index (χ0n) is 20.1. The van der Waals surface area contributed by atoms with Crippen LogP contribution in [0.1, 0.15) is 21.5 Å². The molecule has 0 radical (unpaired) electrons. The monoisotopic (exact) mass is 487 g/mol. The second-order valence-electron chi connectivity index (χ2n) is 8.89. The fraction of sp³-hybridized carbons (Fsp3) is 0.259. The maximum absolute atomic E-state index is 13.7. The Kier molecular flexibility index (Phi) is 6.86. The molecule has 186 valence electrons. The number of hydrazine groups is 1. The number of morpholine rings is 1. The summed E-state index contributed by atoms with van der Waals surface area (Å²) in [5, 5.41) is 10.9. The van der Waals surface area contributed by atoms with Crippen molar-refractivity contribution in [2.24, 2.45) is 0 Å². The highest BCUT2D eigenvalue weighted by Gasteiger charge is 2.25. The fourth-order valence-electron chi connectivity index (χ4n) is 4.55. The number of ether oxygens (including phenoxy) is 1. The van der Waals surface area contributed by atoms with Crippen LogP contribution in [0.2, 0.25) is 0 Å². The molecule has 0 saturated carbocycles. The maximum atomic E-state index is 13.7. The Morgan fingerprint density at radius 3 is 2.53 bits per heavy atom. The predicted octanol–water partition coefficient (Wildman–Crippen LogP) is 3.39. The minimum absolute atomic E-state index is 0.0921. The third-order valence-corrected chi connectivity index (χ3v) is 6.62. The van der Waals surface area contributed by atoms with E-state index in [9.17, 15) is 9.59 Å². The summed E-state index contributed by atoms with van der Waals surface area (Å²) in [6, 6.07) is 21.1. The Hall–Kier alpha value is -3.92. The first-order chi connectivity index (χ1) is 17.5. The molecule has 0 atom stereocenters. The molecular weight excluding hydrogens is 458 g/mol. The number of hydroxylamine groups is 1. The summed E-state index contributed by atoms with van der Waals surface area (Å²) in [5.74, 6) is -0.578. The number of carbonyl (C=O) groups is 2. The van der Waals surface area contributed by atoms with Gasteiger partial charge in [0.2, 0.25) is 0 Å². The highest BCUT2D eigenvalue weighted by atomic mass is 16.5. The average Bonchev–Trinajstić information content (AvgIpc) is 3.31. The van der Waals surface area contributed by atoms with E-state index < -0.39 is 5.91 Å². The minimum atomic E-state index is -0.578. The number of benzene rings is 3. The zero-order valence-corrected chi connectivity index (χ0v) is 20.1. The number of nitrogens with one attached hydrogen (secondary N) is 2. The van der Waals surface area contributed by atoms with Gasteiger partial charge in [-0.2, -0.15) is 0 Å². The van der Waals surface area contributed by atoms with E-state index >= 15 is 0 Å². The first kappa shape index (κ1) is 23.8. The van der Waals surface area contributed by atoms with Gasteiger partial charge in [-0.3, -0.25) is 14.9 Å². The molecule has 0 aromatic heterocycles. The highest BCUT2D eigenvalue weighted by molar-refractivity contribution is 5.94. The van der Waals surface area contributed by atoms with Crippen LogP contribution < -0.4 is 20.8 Å². The van der Waals surface area contributed by atoms with Gasteiger partial charge in [-0.1, -0.05) is 36.4 Å². The fourth-order valence-corrected chi connectivity index (χ4v) is 4.55. The van der Waals surface area contributed by atoms with Crippen LogP contribution in [-0.2, 0) is 17.8 Å². The van der Waals surface area contributed by atoms with Crippen LogP contribution in [0.3, 0.4) is 0 Å². The number of carbonyl (C=O) groups excluding carboxylic acids is 2. The number of urea groups is 1. The number of hydrogen-bond donors (Lipinski definition) is 3. The minimum Gasteiger partial charge on any atom is -0.378 e. The smallest absolute Gasteiger partial charge is 0.324 e. The number of amides is 3. The van der Waals surface area contributed by atoms with Crippen LogP contribution in [0.15, 0.2) is 66.7 Å². The number of anilines is 2. The van der Waals surface area contributed by atoms with Crippen molar-refractivity contribution < 1.29 is 19.5 Å². The third-order valence-electron chi connectivity index (χ3n) is 6.62. The van der Waals surface area contributed by atoms with Crippen LogP contribution in [0.25, 0.3) is 11.1 Å². The largest absolute Gasteiger partial charge is 0.378 e. The van der Waals surface area contributed by atoms with Gasteiger partial charge >= 0.3 is 6.03 Å². The Bertz CT molecular complexity index is 1260. The van der Waals surface area contributed by atoms with E-state index in [1.54, 1.807) is 39.5 Å². The van der Waals surface area contributed by atoms with Gasteiger partial charge in [0.25, 0.3) is 5.91 Å². The Labute approximate surface area is 209 Å². The van der Waals surface area contributed by atoms with Crippen LogP contribution in [0.5, 0.6) is 0 Å². The lowest BCUT2D eigenvalue weighted by Gasteiger charge is -2.33. The van der Waals surface area contributed by atoms with E-state index in [4.69, 9.17) is 9.94 Å². The van der Waals surface area contributed by atoms with E-state index in [0.717, 1.165) is 34.6 Å². The molecule has 0 bridgehead atoms. The predicted molar refractivity (Wildman–Crippen MR) is 137 cm³/mol. The van der Waals surface area contributed by atoms with Gasteiger partial charge in [0.15, 0.2) is 0 Å². The lowest BCUT2D eigenvalue weighted by molar-refractivity contribution is 0.0548. The molecule has 3 N–H and O–H groups in total. The summed E-state index contributed by atoms with van der Waals surface area (Å²) in [6.45, 7) is 3.25. The van der Waals surface area contributed by atoms with Crippen molar-refractivity contribution in [2.45, 2.75) is 13.1 Å². The van der Waals surface area contributed by atoms with E-state index in [2.05, 4.69) is 23.6 Å². The van der Waals surface area contributed by atoms with Crippen molar-refractivity contribution >= 4 is 23.3 Å². The molecule has 1 fully saturated rings. The summed E-state index contributed by atoms with van der Waals surface area (Å²) >= 11 is 0. The first-order valence-corrected chi connectivity index (χ1v) is 11.9. The summed E-state index contributed by atoms with van der Waals surface area (Å²) in [4.78, 5) is 28.9.